The Labute approximate surface area is 116 Å². The second-order valence-corrected chi connectivity index (χ2v) is 5.60. The van der Waals surface area contributed by atoms with Crippen molar-refractivity contribution < 1.29 is 4.39 Å². The van der Waals surface area contributed by atoms with Crippen molar-refractivity contribution in [3.05, 3.63) is 51.2 Å². The molecule has 0 aliphatic carbocycles. The minimum atomic E-state index is -0.229. The quantitative estimate of drug-likeness (QED) is 0.915. The summed E-state index contributed by atoms with van der Waals surface area (Å²) < 4.78 is 13.4. The zero-order valence-electron chi connectivity index (χ0n) is 11.2. The first kappa shape index (κ1) is 14.1. The highest BCUT2D eigenvalue weighted by atomic mass is 32.1. The van der Waals surface area contributed by atoms with Gasteiger partial charge in [0.1, 0.15) is 5.82 Å². The molecule has 0 aliphatic heterocycles. The van der Waals surface area contributed by atoms with Gasteiger partial charge in [0.25, 0.3) is 0 Å². The second kappa shape index (κ2) is 6.23. The van der Waals surface area contributed by atoms with Crippen LogP contribution in [-0.4, -0.2) is 16.9 Å². The molecule has 19 heavy (non-hydrogen) atoms. The highest BCUT2D eigenvalue weighted by Crippen LogP contribution is 2.17. The number of hydrogen-bond donors (Lipinski definition) is 1. The molecule has 0 radical (unpaired) electrons. The van der Waals surface area contributed by atoms with Crippen LogP contribution in [0.25, 0.3) is 0 Å². The van der Waals surface area contributed by atoms with E-state index in [4.69, 9.17) is 5.73 Å². The maximum absolute atomic E-state index is 13.4. The number of thiazole rings is 1. The zero-order chi connectivity index (χ0) is 13.8. The fourth-order valence-corrected chi connectivity index (χ4v) is 2.83. The molecular formula is C14H18FN3S. The van der Waals surface area contributed by atoms with E-state index in [-0.39, 0.29) is 12.4 Å². The number of hydrogen-bond acceptors (Lipinski definition) is 4. The molecule has 2 N–H and O–H groups in total. The molecule has 2 aromatic rings. The molecule has 1 heterocycles. The highest BCUT2D eigenvalue weighted by Gasteiger charge is 2.08. The molecule has 0 unspecified atom stereocenters. The number of nitrogens with zero attached hydrogens (tertiary/aromatic N) is 2. The maximum atomic E-state index is 13.4. The number of aryl methyl sites for hydroxylation is 1. The summed E-state index contributed by atoms with van der Waals surface area (Å²) in [5.74, 6) is -0.229. The van der Waals surface area contributed by atoms with Gasteiger partial charge >= 0.3 is 0 Å². The Balaban J connectivity index is 2.02. The lowest BCUT2D eigenvalue weighted by Gasteiger charge is -2.16. The van der Waals surface area contributed by atoms with Crippen LogP contribution in [0.15, 0.2) is 23.7 Å². The third kappa shape index (κ3) is 3.59. The summed E-state index contributed by atoms with van der Waals surface area (Å²) in [7, 11) is 2.05. The van der Waals surface area contributed by atoms with Gasteiger partial charge in [-0.15, -0.1) is 11.3 Å². The molecular weight excluding hydrogens is 261 g/mol. The number of halogens is 1. The van der Waals surface area contributed by atoms with Crippen LogP contribution in [0.5, 0.6) is 0 Å². The van der Waals surface area contributed by atoms with Crippen LogP contribution in [-0.2, 0) is 19.6 Å². The Morgan fingerprint density at radius 1 is 1.37 bits per heavy atom. The van der Waals surface area contributed by atoms with Crippen molar-refractivity contribution in [3.8, 4) is 0 Å². The average molecular weight is 279 g/mol. The van der Waals surface area contributed by atoms with E-state index in [1.54, 1.807) is 11.3 Å². The summed E-state index contributed by atoms with van der Waals surface area (Å²) in [6, 6.07) is 5.14. The van der Waals surface area contributed by atoms with Crippen molar-refractivity contribution in [2.45, 2.75) is 26.6 Å². The van der Waals surface area contributed by atoms with Crippen molar-refractivity contribution in [1.82, 2.24) is 9.88 Å². The summed E-state index contributed by atoms with van der Waals surface area (Å²) in [6.07, 6.45) is 0. The molecule has 102 valence electrons. The third-order valence-electron chi connectivity index (χ3n) is 3.04. The molecule has 3 nitrogen and oxygen atoms in total. The number of nitrogens with two attached hydrogens (primary N) is 1. The Morgan fingerprint density at radius 3 is 2.79 bits per heavy atom. The van der Waals surface area contributed by atoms with E-state index in [1.807, 2.05) is 31.6 Å². The number of rotatable bonds is 5. The van der Waals surface area contributed by atoms with E-state index in [0.29, 0.717) is 5.56 Å². The molecule has 0 bridgehead atoms. The molecule has 0 atom stereocenters. The van der Waals surface area contributed by atoms with Gasteiger partial charge in [-0.2, -0.15) is 0 Å². The predicted octanol–water partition coefficient (Wildman–Crippen LogP) is 2.68. The molecule has 0 saturated carbocycles. The SMILES string of the molecule is Cc1ncsc1CN(C)Cc1ccc(F)c(CN)c1. The lowest BCUT2D eigenvalue weighted by atomic mass is 10.1. The standard InChI is InChI=1S/C14H18FN3S/c1-10-14(19-9-17-10)8-18(2)7-11-3-4-13(15)12(5-11)6-16/h3-5,9H,6-8,16H2,1-2H3. The molecule has 0 saturated heterocycles. The van der Waals surface area contributed by atoms with Gasteiger partial charge in [0.15, 0.2) is 0 Å². The molecule has 0 amide bonds. The first-order valence-electron chi connectivity index (χ1n) is 6.15. The Kier molecular flexibility index (Phi) is 4.63. The summed E-state index contributed by atoms with van der Waals surface area (Å²) >= 11 is 1.67. The van der Waals surface area contributed by atoms with E-state index in [2.05, 4.69) is 9.88 Å². The monoisotopic (exact) mass is 279 g/mol. The Hall–Kier alpha value is -1.30. The summed E-state index contributed by atoms with van der Waals surface area (Å²) in [6.45, 7) is 3.87. The van der Waals surface area contributed by atoms with Crippen LogP contribution in [0, 0.1) is 12.7 Å². The fourth-order valence-electron chi connectivity index (χ4n) is 1.97. The van der Waals surface area contributed by atoms with E-state index in [0.717, 1.165) is 24.3 Å². The number of benzene rings is 1. The molecule has 1 aromatic heterocycles. The molecule has 5 heteroatoms. The normalized spacial score (nSPS) is 11.2. The Bertz CT molecular complexity index is 553. The van der Waals surface area contributed by atoms with E-state index >= 15 is 0 Å². The van der Waals surface area contributed by atoms with Gasteiger partial charge in [0.05, 0.1) is 11.2 Å². The number of aromatic nitrogens is 1. The van der Waals surface area contributed by atoms with Crippen LogP contribution in [0.3, 0.4) is 0 Å². The van der Waals surface area contributed by atoms with Gasteiger partial charge in [-0.3, -0.25) is 4.90 Å². The van der Waals surface area contributed by atoms with Crippen molar-refractivity contribution in [1.29, 1.82) is 0 Å². The summed E-state index contributed by atoms with van der Waals surface area (Å²) in [5.41, 5.74) is 10.1. The lowest BCUT2D eigenvalue weighted by molar-refractivity contribution is 0.321. The minimum absolute atomic E-state index is 0.229. The van der Waals surface area contributed by atoms with E-state index in [1.165, 1.54) is 10.9 Å². The maximum Gasteiger partial charge on any atom is 0.127 e. The predicted molar refractivity (Wildman–Crippen MR) is 76.3 cm³/mol. The van der Waals surface area contributed by atoms with Crippen LogP contribution < -0.4 is 5.73 Å². The van der Waals surface area contributed by atoms with Gasteiger partial charge in [0.2, 0.25) is 0 Å². The van der Waals surface area contributed by atoms with Gasteiger partial charge < -0.3 is 5.73 Å². The first-order chi connectivity index (χ1) is 9.10. The largest absolute Gasteiger partial charge is 0.326 e. The van der Waals surface area contributed by atoms with Gasteiger partial charge in [-0.05, 0) is 25.6 Å². The van der Waals surface area contributed by atoms with Crippen molar-refractivity contribution in [2.75, 3.05) is 7.05 Å². The first-order valence-corrected chi connectivity index (χ1v) is 7.03. The van der Waals surface area contributed by atoms with Crippen LogP contribution in [0.1, 0.15) is 21.7 Å². The zero-order valence-corrected chi connectivity index (χ0v) is 12.0. The average Bonchev–Trinajstić information content (AvgIpc) is 2.77. The van der Waals surface area contributed by atoms with Crippen LogP contribution in [0.4, 0.5) is 4.39 Å². The van der Waals surface area contributed by atoms with E-state index < -0.39 is 0 Å². The lowest BCUT2D eigenvalue weighted by Crippen LogP contribution is -2.17. The van der Waals surface area contributed by atoms with Crippen molar-refractivity contribution in [2.24, 2.45) is 5.73 Å². The second-order valence-electron chi connectivity index (χ2n) is 4.66. The highest BCUT2D eigenvalue weighted by molar-refractivity contribution is 7.09. The fraction of sp³-hybridized carbons (Fsp3) is 0.357. The van der Waals surface area contributed by atoms with Crippen molar-refractivity contribution >= 4 is 11.3 Å². The van der Waals surface area contributed by atoms with Crippen LogP contribution >= 0.6 is 11.3 Å². The molecule has 0 aliphatic rings. The van der Waals surface area contributed by atoms with Gasteiger partial charge in [0, 0.05) is 30.1 Å². The van der Waals surface area contributed by atoms with Crippen LogP contribution in [0.2, 0.25) is 0 Å². The van der Waals surface area contributed by atoms with E-state index in [9.17, 15) is 4.39 Å². The topological polar surface area (TPSA) is 42.2 Å². The molecule has 0 spiro atoms. The molecule has 0 fully saturated rings. The summed E-state index contributed by atoms with van der Waals surface area (Å²) in [4.78, 5) is 7.70. The van der Waals surface area contributed by atoms with Crippen molar-refractivity contribution in [3.63, 3.8) is 0 Å². The van der Waals surface area contributed by atoms with Gasteiger partial charge in [-0.1, -0.05) is 12.1 Å². The summed E-state index contributed by atoms with van der Waals surface area (Å²) in [5, 5.41) is 0. The Morgan fingerprint density at radius 2 is 2.16 bits per heavy atom. The third-order valence-corrected chi connectivity index (χ3v) is 3.96. The smallest absolute Gasteiger partial charge is 0.127 e. The minimum Gasteiger partial charge on any atom is -0.326 e. The van der Waals surface area contributed by atoms with Gasteiger partial charge in [-0.25, -0.2) is 9.37 Å². The molecule has 1 aromatic carbocycles. The molecule has 2 rings (SSSR count).